The molecule has 0 atom stereocenters. The summed E-state index contributed by atoms with van der Waals surface area (Å²) < 4.78 is 2.15. The van der Waals surface area contributed by atoms with E-state index in [4.69, 9.17) is 17.3 Å². The molecule has 0 aliphatic heterocycles. The quantitative estimate of drug-likeness (QED) is 0.392. The van der Waals surface area contributed by atoms with Crippen LogP contribution in [-0.2, 0) is 18.5 Å². The van der Waals surface area contributed by atoms with Crippen LogP contribution in [-0.4, -0.2) is 19.5 Å². The topological polar surface area (TPSA) is 81.7 Å². The zero-order valence-corrected chi connectivity index (χ0v) is 19.3. The van der Waals surface area contributed by atoms with Gasteiger partial charge in [0, 0.05) is 35.7 Å². The molecule has 0 aliphatic carbocycles. The lowest BCUT2D eigenvalue weighted by atomic mass is 9.94. The number of nitrogens with two attached hydrogens (primary N) is 1. The molecule has 32 heavy (non-hydrogen) atoms. The van der Waals surface area contributed by atoms with E-state index in [0.29, 0.717) is 16.7 Å². The molecule has 0 spiro atoms. The summed E-state index contributed by atoms with van der Waals surface area (Å²) in [5.74, 6) is 1.52. The van der Waals surface area contributed by atoms with Gasteiger partial charge in [0.25, 0.3) is 0 Å². The summed E-state index contributed by atoms with van der Waals surface area (Å²) in [7, 11) is 0. The first-order valence-corrected chi connectivity index (χ1v) is 10.9. The molecule has 7 heteroatoms. The highest BCUT2D eigenvalue weighted by Gasteiger charge is 2.15. The Hall–Kier alpha value is -3.22. The number of halogens is 1. The van der Waals surface area contributed by atoms with Crippen molar-refractivity contribution in [1.82, 2.24) is 19.5 Å². The van der Waals surface area contributed by atoms with Crippen molar-refractivity contribution in [1.29, 1.82) is 0 Å². The number of imidazole rings is 1. The van der Waals surface area contributed by atoms with Crippen LogP contribution in [0.15, 0.2) is 67.1 Å². The third kappa shape index (κ3) is 5.15. The number of hydrogen-bond acceptors (Lipinski definition) is 5. The van der Waals surface area contributed by atoms with Crippen molar-refractivity contribution >= 4 is 23.2 Å². The van der Waals surface area contributed by atoms with Crippen LogP contribution in [0.1, 0.15) is 30.8 Å². The molecular weight excluding hydrogens is 420 g/mol. The molecule has 4 rings (SSSR count). The van der Waals surface area contributed by atoms with Crippen LogP contribution >= 0.6 is 11.6 Å². The van der Waals surface area contributed by atoms with Crippen molar-refractivity contribution in [2.24, 2.45) is 5.73 Å². The number of aromatic nitrogens is 4. The smallest absolute Gasteiger partial charge is 0.227 e. The Labute approximate surface area is 193 Å². The highest BCUT2D eigenvalue weighted by atomic mass is 35.5. The summed E-state index contributed by atoms with van der Waals surface area (Å²) >= 11 is 6.39. The van der Waals surface area contributed by atoms with Gasteiger partial charge in [-0.3, -0.25) is 0 Å². The molecule has 0 amide bonds. The van der Waals surface area contributed by atoms with Gasteiger partial charge < -0.3 is 15.6 Å². The second kappa shape index (κ2) is 9.10. The molecule has 4 aromatic rings. The molecule has 0 saturated carbocycles. The number of nitrogens with zero attached hydrogens (tertiary/aromatic N) is 4. The van der Waals surface area contributed by atoms with E-state index in [9.17, 15) is 0 Å². The summed E-state index contributed by atoms with van der Waals surface area (Å²) in [6.45, 7) is 6.88. The van der Waals surface area contributed by atoms with Crippen molar-refractivity contribution in [2.75, 3.05) is 5.32 Å². The Bertz CT molecular complexity index is 1190. The summed E-state index contributed by atoms with van der Waals surface area (Å²) in [4.78, 5) is 13.2. The van der Waals surface area contributed by atoms with E-state index in [1.807, 2.05) is 69.6 Å². The van der Waals surface area contributed by atoms with Crippen molar-refractivity contribution in [3.05, 3.63) is 89.1 Å². The third-order valence-electron chi connectivity index (χ3n) is 5.42. The molecule has 0 unspecified atom stereocenters. The average molecular weight is 447 g/mol. The van der Waals surface area contributed by atoms with E-state index < -0.39 is 5.54 Å². The second-order valence-corrected chi connectivity index (χ2v) is 8.84. The minimum atomic E-state index is -0.398. The molecule has 3 N–H and O–H groups in total. The highest BCUT2D eigenvalue weighted by molar-refractivity contribution is 6.32. The van der Waals surface area contributed by atoms with Crippen molar-refractivity contribution in [2.45, 2.75) is 39.3 Å². The Kier molecular flexibility index (Phi) is 6.26. The van der Waals surface area contributed by atoms with Crippen LogP contribution < -0.4 is 11.1 Å². The van der Waals surface area contributed by atoms with Crippen LogP contribution in [0.25, 0.3) is 11.3 Å². The number of hydrogen-bond donors (Lipinski definition) is 2. The van der Waals surface area contributed by atoms with Crippen molar-refractivity contribution in [3.63, 3.8) is 0 Å². The lowest BCUT2D eigenvalue weighted by molar-refractivity contribution is 0.554. The first-order chi connectivity index (χ1) is 15.3. The SMILES string of the molecule is Cc1nccn1CCc1ccc(Nc2ncc(Cl)c(-c3ccc(C(C)(C)N)cc3)n2)cc1. The van der Waals surface area contributed by atoms with Crippen LogP contribution in [0, 0.1) is 6.92 Å². The summed E-state index contributed by atoms with van der Waals surface area (Å²) in [6.07, 6.45) is 6.39. The number of benzene rings is 2. The van der Waals surface area contributed by atoms with Crippen LogP contribution in [0.4, 0.5) is 11.6 Å². The van der Waals surface area contributed by atoms with Gasteiger partial charge in [0.2, 0.25) is 5.95 Å². The normalized spacial score (nSPS) is 11.5. The maximum atomic E-state index is 6.39. The van der Waals surface area contributed by atoms with E-state index in [2.05, 4.69) is 37.0 Å². The van der Waals surface area contributed by atoms with Crippen molar-refractivity contribution < 1.29 is 0 Å². The van der Waals surface area contributed by atoms with Crippen molar-refractivity contribution in [3.8, 4) is 11.3 Å². The van der Waals surface area contributed by atoms with E-state index in [0.717, 1.165) is 35.6 Å². The van der Waals surface area contributed by atoms with Gasteiger partial charge in [-0.2, -0.15) is 0 Å². The first-order valence-electron chi connectivity index (χ1n) is 10.6. The second-order valence-electron chi connectivity index (χ2n) is 8.43. The number of rotatable bonds is 7. The van der Waals surface area contributed by atoms with E-state index >= 15 is 0 Å². The lowest BCUT2D eigenvalue weighted by Crippen LogP contribution is -2.28. The van der Waals surface area contributed by atoms with E-state index in [-0.39, 0.29) is 0 Å². The molecule has 0 fully saturated rings. The molecule has 2 aromatic heterocycles. The fourth-order valence-electron chi connectivity index (χ4n) is 3.46. The Morgan fingerprint density at radius 2 is 1.75 bits per heavy atom. The number of nitrogens with one attached hydrogen (secondary N) is 1. The maximum Gasteiger partial charge on any atom is 0.227 e. The predicted octanol–water partition coefficient (Wildman–Crippen LogP) is 5.48. The van der Waals surface area contributed by atoms with Gasteiger partial charge in [0.05, 0.1) is 16.9 Å². The van der Waals surface area contributed by atoms with E-state index in [1.54, 1.807) is 6.20 Å². The average Bonchev–Trinajstić information content (AvgIpc) is 3.19. The van der Waals surface area contributed by atoms with Gasteiger partial charge in [-0.25, -0.2) is 15.0 Å². The van der Waals surface area contributed by atoms with Crippen LogP contribution in [0.3, 0.4) is 0 Å². The standard InChI is InChI=1S/C25H27ClN6/c1-17-28-13-15-32(17)14-12-18-4-10-21(11-5-18)30-24-29-16-22(26)23(31-24)19-6-8-20(9-7-19)25(2,3)27/h4-11,13,15-16H,12,14,27H2,1-3H3,(H,29,30,31). The zero-order chi connectivity index (χ0) is 22.7. The Morgan fingerprint density at radius 1 is 1.03 bits per heavy atom. The van der Waals surface area contributed by atoms with Gasteiger partial charge in [-0.05, 0) is 50.5 Å². The van der Waals surface area contributed by atoms with Crippen LogP contribution in [0.5, 0.6) is 0 Å². The zero-order valence-electron chi connectivity index (χ0n) is 18.5. The molecule has 2 aromatic carbocycles. The molecule has 6 nitrogen and oxygen atoms in total. The first kappa shape index (κ1) is 22.0. The predicted molar refractivity (Wildman–Crippen MR) is 130 cm³/mol. The summed E-state index contributed by atoms with van der Waals surface area (Å²) in [5.41, 5.74) is 10.6. The molecular formula is C25H27ClN6. The molecule has 2 heterocycles. The minimum Gasteiger partial charge on any atom is -0.335 e. The molecule has 0 saturated heterocycles. The van der Waals surface area contributed by atoms with Gasteiger partial charge >= 0.3 is 0 Å². The van der Waals surface area contributed by atoms with E-state index in [1.165, 1.54) is 5.56 Å². The third-order valence-corrected chi connectivity index (χ3v) is 5.70. The number of aryl methyl sites for hydroxylation is 3. The Morgan fingerprint density at radius 3 is 2.38 bits per heavy atom. The van der Waals surface area contributed by atoms with Gasteiger partial charge in [0.1, 0.15) is 5.82 Å². The molecule has 0 radical (unpaired) electrons. The monoisotopic (exact) mass is 446 g/mol. The largest absolute Gasteiger partial charge is 0.335 e. The van der Waals surface area contributed by atoms with Gasteiger partial charge in [-0.1, -0.05) is 48.0 Å². The maximum absolute atomic E-state index is 6.39. The molecule has 0 aliphatic rings. The van der Waals surface area contributed by atoms with Gasteiger partial charge in [0.15, 0.2) is 0 Å². The summed E-state index contributed by atoms with van der Waals surface area (Å²) in [5, 5.41) is 3.77. The molecule has 164 valence electrons. The Balaban J connectivity index is 1.46. The molecule has 0 bridgehead atoms. The fraction of sp³-hybridized carbons (Fsp3) is 0.240. The minimum absolute atomic E-state index is 0.398. The summed E-state index contributed by atoms with van der Waals surface area (Å²) in [6, 6.07) is 16.3. The number of anilines is 2. The lowest BCUT2D eigenvalue weighted by Gasteiger charge is -2.19. The van der Waals surface area contributed by atoms with Crippen LogP contribution in [0.2, 0.25) is 5.02 Å². The van der Waals surface area contributed by atoms with Gasteiger partial charge in [-0.15, -0.1) is 0 Å². The highest BCUT2D eigenvalue weighted by Crippen LogP contribution is 2.29. The fourth-order valence-corrected chi connectivity index (χ4v) is 3.66.